The fourth-order valence-corrected chi connectivity index (χ4v) is 4.19. The number of benzene rings is 2. The molecule has 2 heterocycles. The summed E-state index contributed by atoms with van der Waals surface area (Å²) in [7, 11) is 1.57. The number of rotatable bonds is 8. The first kappa shape index (κ1) is 23.5. The summed E-state index contributed by atoms with van der Waals surface area (Å²) in [5.74, 6) is 1.08. The van der Waals surface area contributed by atoms with E-state index in [0.29, 0.717) is 50.0 Å². The number of ether oxygens (including phenoxy) is 1. The van der Waals surface area contributed by atoms with Crippen molar-refractivity contribution in [3.63, 3.8) is 0 Å². The topological polar surface area (TPSA) is 81.8 Å². The molecule has 1 saturated heterocycles. The molecule has 0 bridgehead atoms. The number of H-pyrrole nitrogens is 1. The summed E-state index contributed by atoms with van der Waals surface area (Å²) in [4.78, 5) is 39.1. The number of carbonyl (C=O) groups is 1. The molecule has 4 rings (SSSR count). The number of methoxy groups -OCH3 is 1. The van der Waals surface area contributed by atoms with Crippen molar-refractivity contribution in [3.05, 3.63) is 87.8 Å². The summed E-state index contributed by atoms with van der Waals surface area (Å²) in [5, 5.41) is 0. The predicted molar refractivity (Wildman–Crippen MR) is 132 cm³/mol. The van der Waals surface area contributed by atoms with E-state index in [1.54, 1.807) is 25.3 Å². The first-order valence-corrected chi connectivity index (χ1v) is 11.6. The Bertz CT molecular complexity index is 1160. The Morgan fingerprint density at radius 3 is 2.44 bits per heavy atom. The second-order valence-corrected chi connectivity index (χ2v) is 8.33. The minimum atomic E-state index is -0.164. The van der Waals surface area contributed by atoms with Crippen molar-refractivity contribution in [2.45, 2.75) is 20.0 Å². The normalized spacial score (nSPS) is 13.9. The summed E-state index contributed by atoms with van der Waals surface area (Å²) in [6.07, 6.45) is 0. The molecule has 1 N–H and O–H groups in total. The van der Waals surface area contributed by atoms with Crippen molar-refractivity contribution in [2.24, 2.45) is 0 Å². The van der Waals surface area contributed by atoms with Gasteiger partial charge >= 0.3 is 0 Å². The van der Waals surface area contributed by atoms with Gasteiger partial charge < -0.3 is 14.5 Å². The Labute approximate surface area is 199 Å². The van der Waals surface area contributed by atoms with E-state index in [0.717, 1.165) is 18.8 Å². The predicted octanol–water partition coefficient (Wildman–Crippen LogP) is 2.76. The Morgan fingerprint density at radius 2 is 1.74 bits per heavy atom. The highest BCUT2D eigenvalue weighted by Crippen LogP contribution is 2.21. The maximum Gasteiger partial charge on any atom is 0.257 e. The molecule has 8 heteroatoms. The maximum absolute atomic E-state index is 13.0. The molecular weight excluding hydrogens is 430 g/mol. The minimum Gasteiger partial charge on any atom is -0.496 e. The van der Waals surface area contributed by atoms with Crippen LogP contribution in [0.15, 0.2) is 65.5 Å². The van der Waals surface area contributed by atoms with Crippen molar-refractivity contribution >= 4 is 11.9 Å². The number of para-hydroxylation sites is 1. The minimum absolute atomic E-state index is 0.0493. The van der Waals surface area contributed by atoms with Crippen LogP contribution in [0.2, 0.25) is 0 Å². The van der Waals surface area contributed by atoms with E-state index in [-0.39, 0.29) is 11.5 Å². The van der Waals surface area contributed by atoms with E-state index in [9.17, 15) is 9.59 Å². The molecule has 0 aliphatic carbocycles. The molecule has 0 radical (unpaired) electrons. The highest BCUT2D eigenvalue weighted by Gasteiger charge is 2.25. The third-order valence-corrected chi connectivity index (χ3v) is 6.07. The number of aromatic amines is 1. The summed E-state index contributed by atoms with van der Waals surface area (Å²) in [6, 6.07) is 19.1. The van der Waals surface area contributed by atoms with Crippen LogP contribution in [0.5, 0.6) is 5.75 Å². The molecular formula is C26H31N5O3. The van der Waals surface area contributed by atoms with E-state index < -0.39 is 0 Å². The van der Waals surface area contributed by atoms with Gasteiger partial charge in [0.25, 0.3) is 11.5 Å². The first-order valence-electron chi connectivity index (χ1n) is 11.6. The largest absolute Gasteiger partial charge is 0.496 e. The smallest absolute Gasteiger partial charge is 0.257 e. The lowest BCUT2D eigenvalue weighted by Crippen LogP contribution is -2.49. The van der Waals surface area contributed by atoms with Crippen LogP contribution in [0.25, 0.3) is 0 Å². The van der Waals surface area contributed by atoms with Crippen LogP contribution in [0.1, 0.15) is 28.5 Å². The Kier molecular flexibility index (Phi) is 7.59. The lowest BCUT2D eigenvalue weighted by Gasteiger charge is -2.35. The Morgan fingerprint density at radius 1 is 1.03 bits per heavy atom. The van der Waals surface area contributed by atoms with Gasteiger partial charge in [0, 0.05) is 45.3 Å². The molecule has 34 heavy (non-hydrogen) atoms. The average molecular weight is 462 g/mol. The molecule has 0 unspecified atom stereocenters. The molecule has 1 amide bonds. The number of piperazine rings is 1. The molecule has 3 aromatic rings. The van der Waals surface area contributed by atoms with Crippen LogP contribution in [0.4, 0.5) is 5.95 Å². The number of nitrogens with zero attached hydrogens (tertiary/aromatic N) is 4. The fourth-order valence-electron chi connectivity index (χ4n) is 4.19. The molecule has 1 aliphatic heterocycles. The lowest BCUT2D eigenvalue weighted by molar-refractivity contribution is 0.0743. The van der Waals surface area contributed by atoms with Crippen molar-refractivity contribution < 1.29 is 9.53 Å². The number of aromatic nitrogens is 2. The second kappa shape index (κ2) is 11.0. The van der Waals surface area contributed by atoms with Crippen molar-refractivity contribution in [2.75, 3.05) is 44.7 Å². The first-order chi connectivity index (χ1) is 16.6. The summed E-state index contributed by atoms with van der Waals surface area (Å²) in [5.41, 5.74) is 2.36. The van der Waals surface area contributed by atoms with Gasteiger partial charge in [-0.25, -0.2) is 4.98 Å². The van der Waals surface area contributed by atoms with Crippen molar-refractivity contribution in [1.29, 1.82) is 0 Å². The molecule has 8 nitrogen and oxygen atoms in total. The third kappa shape index (κ3) is 5.63. The van der Waals surface area contributed by atoms with Crippen molar-refractivity contribution in [3.8, 4) is 5.75 Å². The van der Waals surface area contributed by atoms with Crippen LogP contribution in [0, 0.1) is 0 Å². The SMILES string of the molecule is CCN(Cc1ccccc1)Cc1cc(=O)[nH]c(N2CCN(C(=O)c3ccccc3OC)CC2)n1. The molecule has 178 valence electrons. The molecule has 1 aromatic heterocycles. The van der Waals surface area contributed by atoms with E-state index in [1.807, 2.05) is 40.1 Å². The van der Waals surface area contributed by atoms with E-state index in [2.05, 4.69) is 28.9 Å². The van der Waals surface area contributed by atoms with Crippen LogP contribution < -0.4 is 15.2 Å². The monoisotopic (exact) mass is 461 g/mol. The van der Waals surface area contributed by atoms with Gasteiger partial charge in [-0.1, -0.05) is 49.4 Å². The highest BCUT2D eigenvalue weighted by atomic mass is 16.5. The molecule has 1 fully saturated rings. The van der Waals surface area contributed by atoms with Gasteiger partial charge in [-0.2, -0.15) is 0 Å². The van der Waals surface area contributed by atoms with E-state index in [1.165, 1.54) is 5.56 Å². The van der Waals surface area contributed by atoms with Gasteiger partial charge in [0.05, 0.1) is 18.4 Å². The van der Waals surface area contributed by atoms with Crippen LogP contribution >= 0.6 is 0 Å². The van der Waals surface area contributed by atoms with Crippen LogP contribution in [0.3, 0.4) is 0 Å². The molecule has 2 aromatic carbocycles. The zero-order valence-corrected chi connectivity index (χ0v) is 19.7. The third-order valence-electron chi connectivity index (χ3n) is 6.07. The van der Waals surface area contributed by atoms with Gasteiger partial charge in [0.1, 0.15) is 5.75 Å². The van der Waals surface area contributed by atoms with E-state index >= 15 is 0 Å². The summed E-state index contributed by atoms with van der Waals surface area (Å²) >= 11 is 0. The van der Waals surface area contributed by atoms with Gasteiger partial charge in [0.2, 0.25) is 5.95 Å². The highest BCUT2D eigenvalue weighted by molar-refractivity contribution is 5.97. The van der Waals surface area contributed by atoms with Gasteiger partial charge in [-0.05, 0) is 24.2 Å². The Hall–Kier alpha value is -3.65. The number of nitrogens with one attached hydrogen (secondary N) is 1. The number of carbonyl (C=O) groups excluding carboxylic acids is 1. The number of hydrogen-bond donors (Lipinski definition) is 1. The maximum atomic E-state index is 13.0. The second-order valence-electron chi connectivity index (χ2n) is 8.33. The zero-order valence-electron chi connectivity index (χ0n) is 19.7. The quantitative estimate of drug-likeness (QED) is 0.556. The number of hydrogen-bond acceptors (Lipinski definition) is 6. The van der Waals surface area contributed by atoms with Gasteiger partial charge in [0.15, 0.2) is 0 Å². The Balaban J connectivity index is 1.41. The lowest BCUT2D eigenvalue weighted by atomic mass is 10.1. The summed E-state index contributed by atoms with van der Waals surface area (Å²) in [6.45, 7) is 6.61. The average Bonchev–Trinajstić information content (AvgIpc) is 2.88. The zero-order chi connectivity index (χ0) is 23.9. The number of amides is 1. The number of anilines is 1. The molecule has 0 spiro atoms. The molecule has 1 aliphatic rings. The molecule has 0 atom stereocenters. The fraction of sp³-hybridized carbons (Fsp3) is 0.346. The van der Waals surface area contributed by atoms with Gasteiger partial charge in [-0.3, -0.25) is 19.5 Å². The van der Waals surface area contributed by atoms with E-state index in [4.69, 9.17) is 9.72 Å². The molecule has 0 saturated carbocycles. The van der Waals surface area contributed by atoms with Crippen LogP contribution in [-0.4, -0.2) is 65.5 Å². The summed E-state index contributed by atoms with van der Waals surface area (Å²) < 4.78 is 5.34. The standard InChI is InChI=1S/C26H31N5O3/c1-3-29(18-20-9-5-4-6-10-20)19-21-17-24(32)28-26(27-21)31-15-13-30(14-16-31)25(33)22-11-7-8-12-23(22)34-2/h4-12,17H,3,13-16,18-19H2,1-2H3,(H,27,28,32). The van der Waals surface area contributed by atoms with Gasteiger partial charge in [-0.15, -0.1) is 0 Å². The van der Waals surface area contributed by atoms with Crippen molar-refractivity contribution in [1.82, 2.24) is 19.8 Å². The van der Waals surface area contributed by atoms with Crippen LogP contribution in [-0.2, 0) is 13.1 Å².